The minimum atomic E-state index is -3.19. The smallest absolute Gasteiger partial charge is 0.229 e. The van der Waals surface area contributed by atoms with Crippen molar-refractivity contribution in [1.82, 2.24) is 4.98 Å². The average molecular weight is 290 g/mol. The van der Waals surface area contributed by atoms with Gasteiger partial charge in [-0.3, -0.25) is 4.98 Å². The third-order valence-electron chi connectivity index (χ3n) is 3.68. The van der Waals surface area contributed by atoms with E-state index in [4.69, 9.17) is 5.11 Å². The van der Waals surface area contributed by atoms with Gasteiger partial charge in [0.2, 0.25) is 9.05 Å². The van der Waals surface area contributed by atoms with Gasteiger partial charge in [-0.15, -0.1) is 0 Å². The molecule has 6 heteroatoms. The summed E-state index contributed by atoms with van der Waals surface area (Å²) in [4.78, 5) is 4.39. The van der Waals surface area contributed by atoms with Gasteiger partial charge in [-0.05, 0) is 36.8 Å². The highest BCUT2D eigenvalue weighted by Gasteiger charge is 2.68. The minimum absolute atomic E-state index is 0.289. The predicted octanol–water partition coefficient (Wildman–Crippen LogP) is 1.68. The zero-order valence-corrected chi connectivity index (χ0v) is 11.7. The van der Waals surface area contributed by atoms with Crippen LogP contribution >= 0.6 is 10.7 Å². The molecule has 3 aliphatic carbocycles. The Hall–Kier alpha value is -0.650. The van der Waals surface area contributed by atoms with E-state index in [0.717, 1.165) is 25.5 Å². The van der Waals surface area contributed by atoms with Gasteiger partial charge in [-0.2, -0.15) is 0 Å². The van der Waals surface area contributed by atoms with Crippen LogP contribution in [0.15, 0.2) is 24.4 Å². The molecule has 1 aromatic heterocycles. The van der Waals surface area contributed by atoms with Crippen molar-refractivity contribution in [1.29, 1.82) is 0 Å². The van der Waals surface area contributed by atoms with Crippen LogP contribution < -0.4 is 0 Å². The summed E-state index contributed by atoms with van der Waals surface area (Å²) in [6.45, 7) is 0.363. The van der Waals surface area contributed by atoms with Crippen molar-refractivity contribution in [2.24, 2.45) is 5.41 Å². The molecule has 0 aliphatic heterocycles. The van der Waals surface area contributed by atoms with Crippen LogP contribution in [0, 0.1) is 5.41 Å². The van der Waals surface area contributed by atoms with Gasteiger partial charge >= 0.3 is 0 Å². The summed E-state index contributed by atoms with van der Waals surface area (Å²) < 4.78 is 18.8. The number of rotatable bonds is 2. The third kappa shape index (κ3) is 2.68. The highest BCUT2D eigenvalue weighted by atomic mass is 35.7. The molecule has 18 heavy (non-hydrogen) atoms. The van der Waals surface area contributed by atoms with E-state index >= 15 is 0 Å². The molecule has 3 saturated carbocycles. The van der Waals surface area contributed by atoms with E-state index in [0.29, 0.717) is 12.0 Å². The van der Waals surface area contributed by atoms with Gasteiger partial charge in [0.25, 0.3) is 0 Å². The van der Waals surface area contributed by atoms with Crippen LogP contribution in [0.3, 0.4) is 0 Å². The molecule has 0 radical (unpaired) electrons. The molecule has 0 saturated heterocycles. The van der Waals surface area contributed by atoms with E-state index in [1.807, 2.05) is 18.3 Å². The van der Waals surface area contributed by atoms with Crippen molar-refractivity contribution in [3.05, 3.63) is 30.1 Å². The zero-order chi connectivity index (χ0) is 13.4. The molecule has 0 unspecified atom stereocenters. The maximum absolute atomic E-state index is 9.40. The van der Waals surface area contributed by atoms with Crippen molar-refractivity contribution >= 4 is 19.7 Å². The fourth-order valence-electron chi connectivity index (χ4n) is 3.11. The summed E-state index contributed by atoms with van der Waals surface area (Å²) in [5.74, 6) is 0. The standard InChI is InChI=1S/C11H13NO.CH3ClO2S/c13-8-10-5-11(6-10,7-10)9-3-1-2-4-12-9;1-5(2,3)4/h1-4,13H,5-8H2;1H3. The van der Waals surface area contributed by atoms with Crippen LogP contribution in [0.25, 0.3) is 0 Å². The van der Waals surface area contributed by atoms with Crippen LogP contribution in [-0.2, 0) is 14.5 Å². The molecule has 1 N–H and O–H groups in total. The van der Waals surface area contributed by atoms with Gasteiger partial charge < -0.3 is 5.11 Å². The van der Waals surface area contributed by atoms with E-state index in [1.54, 1.807) is 0 Å². The number of nitrogens with zero attached hydrogens (tertiary/aromatic N) is 1. The van der Waals surface area contributed by atoms with Crippen LogP contribution in [0.4, 0.5) is 0 Å². The largest absolute Gasteiger partial charge is 0.396 e. The molecule has 1 heterocycles. The Morgan fingerprint density at radius 2 is 1.94 bits per heavy atom. The van der Waals surface area contributed by atoms with E-state index in [2.05, 4.69) is 21.7 Å². The predicted molar refractivity (Wildman–Crippen MR) is 70.0 cm³/mol. The number of halogens is 1. The molecule has 4 nitrogen and oxygen atoms in total. The Balaban J connectivity index is 0.000000209. The lowest BCUT2D eigenvalue weighted by Gasteiger charge is -2.70. The summed E-state index contributed by atoms with van der Waals surface area (Å²) in [6.07, 6.45) is 6.23. The maximum Gasteiger partial charge on any atom is 0.229 e. The molecule has 100 valence electrons. The Morgan fingerprint density at radius 3 is 2.33 bits per heavy atom. The van der Waals surface area contributed by atoms with Crippen molar-refractivity contribution in [2.75, 3.05) is 12.9 Å². The normalized spacial score (nSPS) is 32.6. The molecule has 0 aromatic carbocycles. The first kappa shape index (κ1) is 13.8. The van der Waals surface area contributed by atoms with E-state index < -0.39 is 9.05 Å². The van der Waals surface area contributed by atoms with Crippen molar-refractivity contribution in [3.8, 4) is 0 Å². The summed E-state index contributed by atoms with van der Waals surface area (Å²) in [7, 11) is 1.31. The number of aliphatic hydroxyl groups excluding tert-OH is 1. The second-order valence-electron chi connectivity index (χ2n) is 5.37. The first-order valence-electron chi connectivity index (χ1n) is 5.71. The van der Waals surface area contributed by atoms with Gasteiger partial charge in [0.05, 0.1) is 6.26 Å². The SMILES string of the molecule is CS(=O)(=O)Cl.OCC12CC(c3ccccn3)(C1)C2. The first-order valence-corrected chi connectivity index (χ1v) is 8.43. The number of pyridine rings is 1. The molecule has 2 bridgehead atoms. The topological polar surface area (TPSA) is 67.3 Å². The van der Waals surface area contributed by atoms with Gasteiger partial charge in [0.1, 0.15) is 0 Å². The number of aliphatic hydroxyl groups is 1. The summed E-state index contributed by atoms with van der Waals surface area (Å²) in [5, 5.41) is 9.12. The van der Waals surface area contributed by atoms with Crippen LogP contribution in [0.2, 0.25) is 0 Å². The van der Waals surface area contributed by atoms with Crippen molar-refractivity contribution < 1.29 is 13.5 Å². The molecule has 3 fully saturated rings. The minimum Gasteiger partial charge on any atom is -0.396 e. The Labute approximate surface area is 111 Å². The zero-order valence-electron chi connectivity index (χ0n) is 10.1. The van der Waals surface area contributed by atoms with Gasteiger partial charge in [0, 0.05) is 34.6 Å². The Morgan fingerprint density at radius 1 is 1.39 bits per heavy atom. The summed E-state index contributed by atoms with van der Waals surface area (Å²) >= 11 is 0. The van der Waals surface area contributed by atoms with Gasteiger partial charge in [-0.1, -0.05) is 6.07 Å². The lowest BCUT2D eigenvalue weighted by molar-refractivity contribution is -0.169. The molecule has 0 amide bonds. The Bertz CT molecular complexity index is 502. The molecule has 4 rings (SSSR count). The fourth-order valence-corrected chi connectivity index (χ4v) is 3.11. The van der Waals surface area contributed by atoms with E-state index in [9.17, 15) is 8.42 Å². The lowest BCUT2D eigenvalue weighted by Crippen LogP contribution is -2.66. The van der Waals surface area contributed by atoms with Crippen LogP contribution in [-0.4, -0.2) is 31.4 Å². The first-order chi connectivity index (χ1) is 8.29. The quantitative estimate of drug-likeness (QED) is 0.841. The molecular weight excluding hydrogens is 274 g/mol. The molecule has 0 spiro atoms. The molecule has 3 aliphatic rings. The number of hydrogen-bond acceptors (Lipinski definition) is 4. The highest BCUT2D eigenvalue weighted by molar-refractivity contribution is 8.13. The number of hydrogen-bond donors (Lipinski definition) is 1. The van der Waals surface area contributed by atoms with Crippen LogP contribution in [0.5, 0.6) is 0 Å². The van der Waals surface area contributed by atoms with Crippen LogP contribution in [0.1, 0.15) is 25.0 Å². The molecule has 0 atom stereocenters. The third-order valence-corrected chi connectivity index (χ3v) is 3.68. The monoisotopic (exact) mass is 289 g/mol. The lowest BCUT2D eigenvalue weighted by atomic mass is 9.34. The fraction of sp³-hybridized carbons (Fsp3) is 0.583. The van der Waals surface area contributed by atoms with Crippen molar-refractivity contribution in [2.45, 2.75) is 24.7 Å². The second-order valence-corrected chi connectivity index (χ2v) is 8.41. The van der Waals surface area contributed by atoms with E-state index in [1.165, 1.54) is 5.69 Å². The van der Waals surface area contributed by atoms with Gasteiger partial charge in [-0.25, -0.2) is 8.42 Å². The maximum atomic E-state index is 9.40. The Kier molecular flexibility index (Phi) is 3.42. The summed E-state index contributed by atoms with van der Waals surface area (Å²) in [6, 6.07) is 6.12. The summed E-state index contributed by atoms with van der Waals surface area (Å²) in [5.41, 5.74) is 1.87. The van der Waals surface area contributed by atoms with Crippen molar-refractivity contribution in [3.63, 3.8) is 0 Å². The second kappa shape index (κ2) is 4.47. The molecular formula is C12H16ClNO3S. The molecule has 1 aromatic rings. The van der Waals surface area contributed by atoms with Gasteiger partial charge in [0.15, 0.2) is 0 Å². The van der Waals surface area contributed by atoms with E-state index in [-0.39, 0.29) is 5.41 Å². The average Bonchev–Trinajstić information content (AvgIpc) is 2.13. The number of aromatic nitrogens is 1. The highest BCUT2D eigenvalue weighted by Crippen LogP contribution is 2.72.